The molecule has 1 N–H and O–H groups in total. The monoisotopic (exact) mass is 228 g/mol. The molecule has 1 saturated heterocycles. The van der Waals surface area contributed by atoms with Gasteiger partial charge in [0.1, 0.15) is 0 Å². The zero-order valence-electron chi connectivity index (χ0n) is 10.2. The highest BCUT2D eigenvalue weighted by Gasteiger charge is 2.24. The third-order valence-corrected chi connectivity index (χ3v) is 4.04. The van der Waals surface area contributed by atoms with Gasteiger partial charge in [0, 0.05) is 12.4 Å². The van der Waals surface area contributed by atoms with Crippen LogP contribution in [0, 0.1) is 11.8 Å². The van der Waals surface area contributed by atoms with E-state index >= 15 is 0 Å². The molecule has 0 radical (unpaired) electrons. The summed E-state index contributed by atoms with van der Waals surface area (Å²) < 4.78 is 0. The standard InChI is InChI=1S/C15H20N2/c1-2-14(11-17-5-1)15-9-12-3-6-16-7-4-13(8-12)10-15/h1-2,5,9,11-13,16H,3-4,6-8,10H2. The molecule has 2 aliphatic rings. The van der Waals surface area contributed by atoms with Crippen LogP contribution < -0.4 is 5.32 Å². The Bertz CT molecular complexity index is 397. The Morgan fingerprint density at radius 3 is 3.06 bits per heavy atom. The number of pyridine rings is 1. The third kappa shape index (κ3) is 2.58. The molecule has 0 amide bonds. The number of rotatable bonds is 1. The van der Waals surface area contributed by atoms with Crippen LogP contribution in [-0.4, -0.2) is 18.1 Å². The van der Waals surface area contributed by atoms with Crippen LogP contribution in [0.25, 0.3) is 5.57 Å². The Morgan fingerprint density at radius 1 is 1.24 bits per heavy atom. The average molecular weight is 228 g/mol. The van der Waals surface area contributed by atoms with E-state index in [1.54, 1.807) is 0 Å². The first-order valence-electron chi connectivity index (χ1n) is 6.73. The van der Waals surface area contributed by atoms with Crippen LogP contribution in [0.5, 0.6) is 0 Å². The molecule has 2 heteroatoms. The number of fused-ring (bicyclic) bond motifs is 2. The summed E-state index contributed by atoms with van der Waals surface area (Å²) in [6, 6.07) is 4.24. The Hall–Kier alpha value is -1.15. The van der Waals surface area contributed by atoms with Crippen LogP contribution in [0.15, 0.2) is 30.6 Å². The quantitative estimate of drug-likeness (QED) is 0.799. The lowest BCUT2D eigenvalue weighted by atomic mass is 9.77. The molecule has 0 saturated carbocycles. The summed E-state index contributed by atoms with van der Waals surface area (Å²) in [4.78, 5) is 4.24. The molecule has 17 heavy (non-hydrogen) atoms. The topological polar surface area (TPSA) is 24.9 Å². The van der Waals surface area contributed by atoms with Gasteiger partial charge < -0.3 is 5.32 Å². The van der Waals surface area contributed by atoms with Crippen molar-refractivity contribution in [1.82, 2.24) is 10.3 Å². The van der Waals surface area contributed by atoms with Crippen molar-refractivity contribution in [2.45, 2.75) is 25.7 Å². The number of hydrogen-bond acceptors (Lipinski definition) is 2. The molecule has 1 aliphatic carbocycles. The predicted octanol–water partition coefficient (Wildman–Crippen LogP) is 2.87. The highest BCUT2D eigenvalue weighted by atomic mass is 14.8. The Morgan fingerprint density at radius 2 is 2.18 bits per heavy atom. The Balaban J connectivity index is 1.85. The number of allylic oxidation sites excluding steroid dienone is 2. The summed E-state index contributed by atoms with van der Waals surface area (Å²) in [6.45, 7) is 2.37. The van der Waals surface area contributed by atoms with E-state index < -0.39 is 0 Å². The van der Waals surface area contributed by atoms with Crippen molar-refractivity contribution in [3.63, 3.8) is 0 Å². The summed E-state index contributed by atoms with van der Waals surface area (Å²) in [6.07, 6.45) is 11.6. The van der Waals surface area contributed by atoms with Gasteiger partial charge in [-0.3, -0.25) is 4.98 Å². The molecule has 2 atom stereocenters. The lowest BCUT2D eigenvalue weighted by Crippen LogP contribution is -2.28. The largest absolute Gasteiger partial charge is 0.317 e. The molecule has 1 aromatic rings. The highest BCUT2D eigenvalue weighted by Crippen LogP contribution is 2.37. The second-order valence-corrected chi connectivity index (χ2v) is 5.33. The zero-order chi connectivity index (χ0) is 11.5. The van der Waals surface area contributed by atoms with Gasteiger partial charge in [0.15, 0.2) is 0 Å². The maximum Gasteiger partial charge on any atom is 0.0342 e. The number of nitrogens with zero attached hydrogens (tertiary/aromatic N) is 1. The third-order valence-electron chi connectivity index (χ3n) is 4.04. The van der Waals surface area contributed by atoms with Crippen molar-refractivity contribution < 1.29 is 0 Å². The number of nitrogens with one attached hydrogen (secondary N) is 1. The molecule has 90 valence electrons. The van der Waals surface area contributed by atoms with Gasteiger partial charge >= 0.3 is 0 Å². The van der Waals surface area contributed by atoms with Gasteiger partial charge in [0.2, 0.25) is 0 Å². The fraction of sp³-hybridized carbons (Fsp3) is 0.533. The minimum Gasteiger partial charge on any atom is -0.317 e. The van der Waals surface area contributed by atoms with Crippen LogP contribution in [0.1, 0.15) is 31.2 Å². The van der Waals surface area contributed by atoms with Gasteiger partial charge in [-0.05, 0) is 67.8 Å². The zero-order valence-corrected chi connectivity index (χ0v) is 10.2. The van der Waals surface area contributed by atoms with Crippen molar-refractivity contribution in [3.05, 3.63) is 36.2 Å². The first-order valence-corrected chi connectivity index (χ1v) is 6.73. The van der Waals surface area contributed by atoms with Crippen molar-refractivity contribution in [2.75, 3.05) is 13.1 Å². The predicted molar refractivity (Wildman–Crippen MR) is 70.5 cm³/mol. The maximum absolute atomic E-state index is 4.24. The second kappa shape index (κ2) is 5.01. The molecular weight excluding hydrogens is 208 g/mol. The van der Waals surface area contributed by atoms with Gasteiger partial charge in [-0.1, -0.05) is 12.1 Å². The Labute approximate surface area is 103 Å². The van der Waals surface area contributed by atoms with E-state index in [2.05, 4.69) is 22.4 Å². The summed E-state index contributed by atoms with van der Waals surface area (Å²) >= 11 is 0. The molecule has 1 aromatic heterocycles. The molecule has 2 heterocycles. The molecule has 1 fully saturated rings. The number of hydrogen-bond donors (Lipinski definition) is 1. The normalized spacial score (nSPS) is 29.1. The van der Waals surface area contributed by atoms with Crippen LogP contribution >= 0.6 is 0 Å². The van der Waals surface area contributed by atoms with Gasteiger partial charge in [0.05, 0.1) is 0 Å². The first-order chi connectivity index (χ1) is 8.42. The van der Waals surface area contributed by atoms with Crippen molar-refractivity contribution in [2.24, 2.45) is 11.8 Å². The molecule has 0 spiro atoms. The number of aromatic nitrogens is 1. The van der Waals surface area contributed by atoms with E-state index in [9.17, 15) is 0 Å². The summed E-state index contributed by atoms with van der Waals surface area (Å²) in [5.41, 5.74) is 2.86. The SMILES string of the molecule is C1=C(c2cccnc2)CC2CCNCCC1C2. The van der Waals surface area contributed by atoms with Gasteiger partial charge in [0.25, 0.3) is 0 Å². The lowest BCUT2D eigenvalue weighted by Gasteiger charge is -2.31. The van der Waals surface area contributed by atoms with Crippen molar-refractivity contribution in [1.29, 1.82) is 0 Å². The fourth-order valence-corrected chi connectivity index (χ4v) is 3.15. The van der Waals surface area contributed by atoms with E-state index in [0.717, 1.165) is 11.8 Å². The molecule has 2 bridgehead atoms. The molecule has 0 aromatic carbocycles. The van der Waals surface area contributed by atoms with Crippen molar-refractivity contribution in [3.8, 4) is 0 Å². The van der Waals surface area contributed by atoms with Crippen LogP contribution in [-0.2, 0) is 0 Å². The van der Waals surface area contributed by atoms with Crippen molar-refractivity contribution >= 4 is 5.57 Å². The van der Waals surface area contributed by atoms with Gasteiger partial charge in [-0.25, -0.2) is 0 Å². The van der Waals surface area contributed by atoms with E-state index in [4.69, 9.17) is 0 Å². The fourth-order valence-electron chi connectivity index (χ4n) is 3.15. The smallest absolute Gasteiger partial charge is 0.0342 e. The summed E-state index contributed by atoms with van der Waals surface area (Å²) in [7, 11) is 0. The maximum atomic E-state index is 4.24. The van der Waals surface area contributed by atoms with E-state index in [0.29, 0.717) is 0 Å². The van der Waals surface area contributed by atoms with E-state index in [1.807, 2.05) is 18.5 Å². The highest BCUT2D eigenvalue weighted by molar-refractivity contribution is 5.66. The first kappa shape index (κ1) is 11.0. The average Bonchev–Trinajstić information content (AvgIpc) is 2.37. The second-order valence-electron chi connectivity index (χ2n) is 5.33. The van der Waals surface area contributed by atoms with Crippen LogP contribution in [0.2, 0.25) is 0 Å². The minimum atomic E-state index is 0.775. The summed E-state index contributed by atoms with van der Waals surface area (Å²) in [5.74, 6) is 1.64. The van der Waals surface area contributed by atoms with Gasteiger partial charge in [-0.2, -0.15) is 0 Å². The lowest BCUT2D eigenvalue weighted by molar-refractivity contribution is 0.334. The molecule has 2 unspecified atom stereocenters. The van der Waals surface area contributed by atoms with Crippen LogP contribution in [0.4, 0.5) is 0 Å². The Kier molecular flexibility index (Phi) is 3.23. The molecular formula is C15H20N2. The molecule has 2 nitrogen and oxygen atoms in total. The van der Waals surface area contributed by atoms with Crippen LogP contribution in [0.3, 0.4) is 0 Å². The van der Waals surface area contributed by atoms with E-state index in [-0.39, 0.29) is 0 Å². The molecule has 3 rings (SSSR count). The van der Waals surface area contributed by atoms with Gasteiger partial charge in [-0.15, -0.1) is 0 Å². The molecule has 1 aliphatic heterocycles. The minimum absolute atomic E-state index is 0.775. The van der Waals surface area contributed by atoms with E-state index in [1.165, 1.54) is 49.9 Å². The summed E-state index contributed by atoms with van der Waals surface area (Å²) in [5, 5.41) is 3.53.